The molecule has 0 saturated carbocycles. The number of anilines is 1. The molecule has 2 N–H and O–H groups in total. The Hall–Kier alpha value is -1.22. The molecular formula is C13H19ClN2O. The first kappa shape index (κ1) is 13.8. The average Bonchev–Trinajstić information content (AvgIpc) is 2.61. The van der Waals surface area contributed by atoms with E-state index in [0.717, 1.165) is 24.2 Å². The summed E-state index contributed by atoms with van der Waals surface area (Å²) in [7, 11) is 0. The standard InChI is InChI=1S/C13H18N2O.ClH/c1-13(2,3)15-12(16)10-4-5-11-9(8-10)6-7-14-11;/h4-5,8,14H,6-7H2,1-3H3,(H,15,16);1H. The molecule has 1 aromatic rings. The number of benzene rings is 1. The number of rotatable bonds is 1. The minimum Gasteiger partial charge on any atom is -0.384 e. The predicted octanol–water partition coefficient (Wildman–Crippen LogP) is 2.60. The summed E-state index contributed by atoms with van der Waals surface area (Å²) in [5.74, 6) is 0.00204. The molecule has 0 radical (unpaired) electrons. The Morgan fingerprint density at radius 1 is 1.35 bits per heavy atom. The average molecular weight is 255 g/mol. The van der Waals surface area contributed by atoms with E-state index in [1.54, 1.807) is 0 Å². The zero-order valence-corrected chi connectivity index (χ0v) is 11.3. The van der Waals surface area contributed by atoms with Crippen LogP contribution >= 0.6 is 12.4 Å². The molecule has 94 valence electrons. The van der Waals surface area contributed by atoms with Crippen LogP contribution in [0.3, 0.4) is 0 Å². The first-order chi connectivity index (χ1) is 7.46. The van der Waals surface area contributed by atoms with Gasteiger partial charge < -0.3 is 10.6 Å². The fraction of sp³-hybridized carbons (Fsp3) is 0.462. The number of nitrogens with one attached hydrogen (secondary N) is 2. The summed E-state index contributed by atoms with van der Waals surface area (Å²) in [6, 6.07) is 5.84. The molecule has 0 fully saturated rings. The summed E-state index contributed by atoms with van der Waals surface area (Å²) in [5, 5.41) is 6.25. The van der Waals surface area contributed by atoms with E-state index >= 15 is 0 Å². The fourth-order valence-electron chi connectivity index (χ4n) is 1.86. The first-order valence-corrected chi connectivity index (χ1v) is 5.65. The lowest BCUT2D eigenvalue weighted by atomic mass is 10.1. The van der Waals surface area contributed by atoms with E-state index < -0.39 is 0 Å². The molecule has 0 bridgehead atoms. The Morgan fingerprint density at radius 2 is 2.06 bits per heavy atom. The minimum atomic E-state index is -0.186. The third-order valence-electron chi connectivity index (χ3n) is 2.57. The summed E-state index contributed by atoms with van der Waals surface area (Å²) in [6.45, 7) is 6.93. The van der Waals surface area contributed by atoms with Gasteiger partial charge in [0.05, 0.1) is 0 Å². The zero-order valence-electron chi connectivity index (χ0n) is 10.5. The summed E-state index contributed by atoms with van der Waals surface area (Å²) < 4.78 is 0. The molecule has 0 saturated heterocycles. The largest absolute Gasteiger partial charge is 0.384 e. The molecule has 0 atom stereocenters. The van der Waals surface area contributed by atoms with Gasteiger partial charge in [0, 0.05) is 23.3 Å². The number of carbonyl (C=O) groups is 1. The topological polar surface area (TPSA) is 41.1 Å². The minimum absolute atomic E-state index is 0. The van der Waals surface area contributed by atoms with Crippen LogP contribution < -0.4 is 10.6 Å². The summed E-state index contributed by atoms with van der Waals surface area (Å²) >= 11 is 0. The van der Waals surface area contributed by atoms with Crippen LogP contribution in [0.15, 0.2) is 18.2 Å². The van der Waals surface area contributed by atoms with E-state index in [1.807, 2.05) is 39.0 Å². The number of halogens is 1. The van der Waals surface area contributed by atoms with Gasteiger partial charge in [0.1, 0.15) is 0 Å². The molecule has 0 spiro atoms. The summed E-state index contributed by atoms with van der Waals surface area (Å²) in [5.41, 5.74) is 2.96. The first-order valence-electron chi connectivity index (χ1n) is 5.65. The van der Waals surface area contributed by atoms with Crippen molar-refractivity contribution in [2.24, 2.45) is 0 Å². The van der Waals surface area contributed by atoms with Crippen molar-refractivity contribution in [1.29, 1.82) is 0 Å². The predicted molar refractivity (Wildman–Crippen MR) is 73.1 cm³/mol. The molecule has 3 nitrogen and oxygen atoms in total. The van der Waals surface area contributed by atoms with Crippen molar-refractivity contribution >= 4 is 24.0 Å². The van der Waals surface area contributed by atoms with Crippen molar-refractivity contribution in [3.05, 3.63) is 29.3 Å². The van der Waals surface area contributed by atoms with Gasteiger partial charge in [0.2, 0.25) is 0 Å². The van der Waals surface area contributed by atoms with Crippen molar-refractivity contribution in [3.8, 4) is 0 Å². The van der Waals surface area contributed by atoms with E-state index in [4.69, 9.17) is 0 Å². The lowest BCUT2D eigenvalue weighted by Crippen LogP contribution is -2.40. The quantitative estimate of drug-likeness (QED) is 0.809. The molecule has 1 heterocycles. The molecule has 1 aromatic carbocycles. The molecule has 1 aliphatic heterocycles. The second-order valence-corrected chi connectivity index (χ2v) is 5.25. The van der Waals surface area contributed by atoms with Crippen molar-refractivity contribution in [2.45, 2.75) is 32.7 Å². The molecule has 0 aliphatic carbocycles. The number of carbonyl (C=O) groups excluding carboxylic acids is 1. The summed E-state index contributed by atoms with van der Waals surface area (Å²) in [6.07, 6.45) is 1.01. The van der Waals surface area contributed by atoms with E-state index in [0.29, 0.717) is 0 Å². The van der Waals surface area contributed by atoms with Crippen LogP contribution in [0.5, 0.6) is 0 Å². The maximum Gasteiger partial charge on any atom is 0.251 e. The highest BCUT2D eigenvalue weighted by molar-refractivity contribution is 5.95. The molecule has 4 heteroatoms. The number of fused-ring (bicyclic) bond motifs is 1. The van der Waals surface area contributed by atoms with Crippen LogP contribution in [0.2, 0.25) is 0 Å². The molecule has 1 amide bonds. The van der Waals surface area contributed by atoms with Gasteiger partial charge in [-0.05, 0) is 51.0 Å². The highest BCUT2D eigenvalue weighted by atomic mass is 35.5. The van der Waals surface area contributed by atoms with Crippen molar-refractivity contribution in [2.75, 3.05) is 11.9 Å². The normalized spacial score (nSPS) is 13.4. The van der Waals surface area contributed by atoms with E-state index in [2.05, 4.69) is 10.6 Å². The lowest BCUT2D eigenvalue weighted by Gasteiger charge is -2.20. The van der Waals surface area contributed by atoms with Crippen LogP contribution in [-0.4, -0.2) is 18.0 Å². The lowest BCUT2D eigenvalue weighted by molar-refractivity contribution is 0.0919. The number of hydrogen-bond acceptors (Lipinski definition) is 2. The maximum atomic E-state index is 11.9. The van der Waals surface area contributed by atoms with Crippen molar-refractivity contribution < 1.29 is 4.79 Å². The third-order valence-corrected chi connectivity index (χ3v) is 2.57. The molecule has 0 aromatic heterocycles. The molecule has 1 aliphatic rings. The highest BCUT2D eigenvalue weighted by Gasteiger charge is 2.17. The van der Waals surface area contributed by atoms with Crippen LogP contribution in [0.1, 0.15) is 36.7 Å². The van der Waals surface area contributed by atoms with Crippen molar-refractivity contribution in [1.82, 2.24) is 5.32 Å². The molecule has 17 heavy (non-hydrogen) atoms. The van der Waals surface area contributed by atoms with Crippen molar-refractivity contribution in [3.63, 3.8) is 0 Å². The fourth-order valence-corrected chi connectivity index (χ4v) is 1.86. The smallest absolute Gasteiger partial charge is 0.251 e. The molecule has 2 rings (SSSR count). The van der Waals surface area contributed by atoms with Crippen LogP contribution in [-0.2, 0) is 6.42 Å². The number of hydrogen-bond donors (Lipinski definition) is 2. The zero-order chi connectivity index (χ0) is 11.8. The van der Waals surface area contributed by atoms with Gasteiger partial charge >= 0.3 is 0 Å². The Bertz CT molecular complexity index is 424. The molecular weight excluding hydrogens is 236 g/mol. The maximum absolute atomic E-state index is 11.9. The second kappa shape index (κ2) is 4.96. The van der Waals surface area contributed by atoms with Gasteiger partial charge in [-0.1, -0.05) is 0 Å². The van der Waals surface area contributed by atoms with Gasteiger partial charge in [0.25, 0.3) is 5.91 Å². The molecule has 0 unspecified atom stereocenters. The van der Waals surface area contributed by atoms with Gasteiger partial charge in [-0.2, -0.15) is 0 Å². The van der Waals surface area contributed by atoms with E-state index in [1.165, 1.54) is 5.56 Å². The van der Waals surface area contributed by atoms with Gasteiger partial charge in [-0.25, -0.2) is 0 Å². The Morgan fingerprint density at radius 3 is 2.71 bits per heavy atom. The van der Waals surface area contributed by atoms with E-state index in [-0.39, 0.29) is 23.9 Å². The monoisotopic (exact) mass is 254 g/mol. The highest BCUT2D eigenvalue weighted by Crippen LogP contribution is 2.23. The Kier molecular flexibility index (Phi) is 4.04. The summed E-state index contributed by atoms with van der Waals surface area (Å²) in [4.78, 5) is 11.9. The van der Waals surface area contributed by atoms with Crippen LogP contribution in [0, 0.1) is 0 Å². The van der Waals surface area contributed by atoms with Crippen LogP contribution in [0.4, 0.5) is 5.69 Å². The number of amides is 1. The Labute approximate surface area is 108 Å². The SMILES string of the molecule is CC(C)(C)NC(=O)c1ccc2c(c1)CCN2.Cl. The van der Waals surface area contributed by atoms with Gasteiger partial charge in [-0.15, -0.1) is 12.4 Å². The third kappa shape index (κ3) is 3.37. The Balaban J connectivity index is 0.00000144. The van der Waals surface area contributed by atoms with Gasteiger partial charge in [-0.3, -0.25) is 4.79 Å². The second-order valence-electron chi connectivity index (χ2n) is 5.25. The van der Waals surface area contributed by atoms with E-state index in [9.17, 15) is 4.79 Å². The van der Waals surface area contributed by atoms with Crippen LogP contribution in [0.25, 0.3) is 0 Å². The van der Waals surface area contributed by atoms with Gasteiger partial charge in [0.15, 0.2) is 0 Å².